The van der Waals surface area contributed by atoms with E-state index in [4.69, 9.17) is 4.74 Å². The zero-order chi connectivity index (χ0) is 24.5. The molecule has 0 fully saturated rings. The highest BCUT2D eigenvalue weighted by atomic mass is 19.1. The van der Waals surface area contributed by atoms with Crippen LogP contribution >= 0.6 is 0 Å². The molecule has 0 aliphatic heterocycles. The van der Waals surface area contributed by atoms with E-state index in [1.54, 1.807) is 29.2 Å². The molecule has 0 aliphatic carbocycles. The van der Waals surface area contributed by atoms with Crippen molar-refractivity contribution < 1.29 is 9.13 Å². The number of hydrogen-bond acceptors (Lipinski definition) is 7. The van der Waals surface area contributed by atoms with Crippen LogP contribution in [-0.4, -0.2) is 56.4 Å². The van der Waals surface area contributed by atoms with Crippen molar-refractivity contribution in [1.29, 1.82) is 0 Å². The summed E-state index contributed by atoms with van der Waals surface area (Å²) in [5.41, 5.74) is 3.11. The summed E-state index contributed by atoms with van der Waals surface area (Å²) in [4.78, 5) is 15.2. The minimum absolute atomic E-state index is 0.105. The lowest BCUT2D eigenvalue weighted by atomic mass is 10.1. The summed E-state index contributed by atoms with van der Waals surface area (Å²) >= 11 is 0. The predicted octanol–water partition coefficient (Wildman–Crippen LogP) is 4.79. The van der Waals surface area contributed by atoms with E-state index in [1.807, 2.05) is 58.5 Å². The topological polar surface area (TPSA) is 81.0 Å². The first-order chi connectivity index (χ1) is 16.9. The third-order valence-corrected chi connectivity index (χ3v) is 5.66. The summed E-state index contributed by atoms with van der Waals surface area (Å²) in [5, 5.41) is 8.84. The molecule has 3 aromatic heterocycles. The van der Waals surface area contributed by atoms with Crippen molar-refractivity contribution in [2.24, 2.45) is 7.05 Å². The molecule has 5 aromatic rings. The van der Waals surface area contributed by atoms with Crippen LogP contribution in [0.25, 0.3) is 32.9 Å². The van der Waals surface area contributed by atoms with E-state index in [2.05, 4.69) is 30.3 Å². The first-order valence-corrected chi connectivity index (χ1v) is 11.3. The first kappa shape index (κ1) is 22.7. The summed E-state index contributed by atoms with van der Waals surface area (Å²) in [6.07, 6.45) is 6.67. The molecule has 0 bridgehead atoms. The van der Waals surface area contributed by atoms with E-state index in [0.717, 1.165) is 23.1 Å². The number of likely N-dealkylation sites (N-methyl/N-ethyl adjacent to an activating group) is 1. The fourth-order valence-corrected chi connectivity index (χ4v) is 4.18. The minimum Gasteiger partial charge on any atom is -0.489 e. The van der Waals surface area contributed by atoms with Crippen LogP contribution in [0.2, 0.25) is 0 Å². The van der Waals surface area contributed by atoms with Crippen LogP contribution in [0.5, 0.6) is 5.75 Å². The van der Waals surface area contributed by atoms with Gasteiger partial charge in [0.15, 0.2) is 5.82 Å². The van der Waals surface area contributed by atoms with Gasteiger partial charge in [0.2, 0.25) is 0 Å². The smallest absolute Gasteiger partial charge is 0.172 e. The fraction of sp³-hybridized carbons (Fsp3) is 0.231. The number of pyridine rings is 1. The Morgan fingerprint density at radius 2 is 1.97 bits per heavy atom. The molecular formula is C26H26FN7O. The van der Waals surface area contributed by atoms with Gasteiger partial charge in [0.1, 0.15) is 29.5 Å². The molecule has 0 saturated carbocycles. The highest BCUT2D eigenvalue weighted by Gasteiger charge is 2.18. The van der Waals surface area contributed by atoms with Gasteiger partial charge in [0, 0.05) is 36.9 Å². The second-order valence-corrected chi connectivity index (χ2v) is 8.81. The van der Waals surface area contributed by atoms with Gasteiger partial charge in [-0.15, -0.1) is 0 Å². The van der Waals surface area contributed by atoms with E-state index in [0.29, 0.717) is 28.0 Å². The van der Waals surface area contributed by atoms with Gasteiger partial charge in [0.25, 0.3) is 0 Å². The fourth-order valence-electron chi connectivity index (χ4n) is 4.18. The minimum atomic E-state index is -0.440. The van der Waals surface area contributed by atoms with Crippen molar-refractivity contribution in [1.82, 2.24) is 29.6 Å². The average Bonchev–Trinajstić information content (AvgIpc) is 3.26. The van der Waals surface area contributed by atoms with Crippen molar-refractivity contribution >= 4 is 33.3 Å². The number of anilines is 2. The van der Waals surface area contributed by atoms with E-state index >= 15 is 4.39 Å². The summed E-state index contributed by atoms with van der Waals surface area (Å²) in [6, 6.07) is 11.0. The van der Waals surface area contributed by atoms with Gasteiger partial charge in [0.05, 0.1) is 22.8 Å². The predicted molar refractivity (Wildman–Crippen MR) is 135 cm³/mol. The van der Waals surface area contributed by atoms with Gasteiger partial charge >= 0.3 is 0 Å². The highest BCUT2D eigenvalue weighted by molar-refractivity contribution is 5.99. The number of rotatable bonds is 7. The number of nitrogens with one attached hydrogen (secondary N) is 1. The van der Waals surface area contributed by atoms with Crippen LogP contribution in [0.4, 0.5) is 15.9 Å². The number of fused-ring (bicyclic) bond motifs is 2. The van der Waals surface area contributed by atoms with Gasteiger partial charge in [-0.1, -0.05) is 12.1 Å². The maximum atomic E-state index is 15.3. The van der Waals surface area contributed by atoms with E-state index in [-0.39, 0.29) is 11.8 Å². The lowest BCUT2D eigenvalue weighted by molar-refractivity contribution is 0.179. The van der Waals surface area contributed by atoms with Gasteiger partial charge in [-0.05, 0) is 50.8 Å². The number of halogens is 1. The van der Waals surface area contributed by atoms with Crippen molar-refractivity contribution in [3.05, 3.63) is 67.1 Å². The van der Waals surface area contributed by atoms with Crippen LogP contribution in [0.3, 0.4) is 0 Å². The Balaban J connectivity index is 1.63. The largest absolute Gasteiger partial charge is 0.489 e. The standard InChI is InChI=1S/C26H26FN7O/c1-16(13-33(2)3)35-22-11-18(19-12-31-34(4)14-19)10-21-23(22)26(30-15-29-21)32-20-8-7-17-6-5-9-28-25(17)24(20)27/h5-12,14-16H,13H2,1-4H3,(H,29,30,32)/t16-/m1/s1. The molecular weight excluding hydrogens is 445 g/mol. The Kier molecular flexibility index (Phi) is 6.00. The number of hydrogen-bond donors (Lipinski definition) is 1. The Morgan fingerprint density at radius 1 is 1.11 bits per heavy atom. The molecule has 0 unspecified atom stereocenters. The summed E-state index contributed by atoms with van der Waals surface area (Å²) < 4.78 is 23.4. The molecule has 178 valence electrons. The van der Waals surface area contributed by atoms with Gasteiger partial charge in [-0.2, -0.15) is 5.10 Å². The van der Waals surface area contributed by atoms with Crippen molar-refractivity contribution in [2.75, 3.05) is 26.0 Å². The SMILES string of the molecule is C[C@H](CN(C)C)Oc1cc(-c2cnn(C)c2)cc2ncnc(Nc3ccc4cccnc4c3F)c12. The first-order valence-electron chi connectivity index (χ1n) is 11.3. The average molecular weight is 472 g/mol. The maximum Gasteiger partial charge on any atom is 0.172 e. The zero-order valence-corrected chi connectivity index (χ0v) is 20.0. The Labute approximate surface area is 202 Å². The second kappa shape index (κ2) is 9.27. The number of aromatic nitrogens is 5. The molecule has 2 aromatic carbocycles. The van der Waals surface area contributed by atoms with Crippen molar-refractivity contribution in [3.8, 4) is 16.9 Å². The molecule has 0 amide bonds. The summed E-state index contributed by atoms with van der Waals surface area (Å²) in [5.74, 6) is 0.623. The summed E-state index contributed by atoms with van der Waals surface area (Å²) in [6.45, 7) is 2.73. The number of ether oxygens (including phenoxy) is 1. The van der Waals surface area contributed by atoms with E-state index < -0.39 is 5.82 Å². The zero-order valence-electron chi connectivity index (χ0n) is 20.0. The quantitative estimate of drug-likeness (QED) is 0.365. The Hall–Kier alpha value is -4.11. The molecule has 0 aliphatic rings. The van der Waals surface area contributed by atoms with Gasteiger partial charge < -0.3 is 15.0 Å². The number of nitrogens with zero attached hydrogens (tertiary/aromatic N) is 6. The second-order valence-electron chi connectivity index (χ2n) is 8.81. The van der Waals surface area contributed by atoms with Crippen LogP contribution < -0.4 is 10.1 Å². The molecule has 9 heteroatoms. The van der Waals surface area contributed by atoms with Crippen LogP contribution in [-0.2, 0) is 7.05 Å². The molecule has 35 heavy (non-hydrogen) atoms. The van der Waals surface area contributed by atoms with Crippen molar-refractivity contribution in [3.63, 3.8) is 0 Å². The Morgan fingerprint density at radius 3 is 2.74 bits per heavy atom. The van der Waals surface area contributed by atoms with Gasteiger partial charge in [-0.3, -0.25) is 9.67 Å². The maximum absolute atomic E-state index is 15.3. The molecule has 5 rings (SSSR count). The summed E-state index contributed by atoms with van der Waals surface area (Å²) in [7, 11) is 5.87. The third kappa shape index (κ3) is 4.63. The number of aryl methyl sites for hydroxylation is 1. The lowest BCUT2D eigenvalue weighted by Gasteiger charge is -2.21. The number of benzene rings is 2. The van der Waals surface area contributed by atoms with Crippen LogP contribution in [0, 0.1) is 5.82 Å². The highest BCUT2D eigenvalue weighted by Crippen LogP contribution is 2.37. The lowest BCUT2D eigenvalue weighted by Crippen LogP contribution is -2.28. The van der Waals surface area contributed by atoms with E-state index in [9.17, 15) is 0 Å². The molecule has 1 N–H and O–H groups in total. The van der Waals surface area contributed by atoms with Crippen LogP contribution in [0.15, 0.2) is 61.3 Å². The molecule has 0 spiro atoms. The van der Waals surface area contributed by atoms with Gasteiger partial charge in [-0.25, -0.2) is 14.4 Å². The Bertz CT molecular complexity index is 1510. The monoisotopic (exact) mass is 471 g/mol. The van der Waals surface area contributed by atoms with Crippen LogP contribution in [0.1, 0.15) is 6.92 Å². The molecule has 3 heterocycles. The molecule has 0 saturated heterocycles. The normalized spacial score (nSPS) is 12.4. The third-order valence-electron chi connectivity index (χ3n) is 5.66. The molecule has 1 atom stereocenters. The molecule has 0 radical (unpaired) electrons. The van der Waals surface area contributed by atoms with Crippen molar-refractivity contribution in [2.45, 2.75) is 13.0 Å². The molecule has 8 nitrogen and oxygen atoms in total. The van der Waals surface area contributed by atoms with E-state index in [1.165, 1.54) is 6.33 Å².